The zero-order valence-electron chi connectivity index (χ0n) is 16.8. The molecular weight excluding hydrogens is 318 g/mol. The number of hydrogen-bond acceptors (Lipinski definition) is 2. The molecule has 142 valence electrons. The Morgan fingerprint density at radius 3 is 2.42 bits per heavy atom. The van der Waals surface area contributed by atoms with Gasteiger partial charge in [0.1, 0.15) is 0 Å². The fraction of sp³-hybridized carbons (Fsp3) is 0.625. The SMILES string of the molecule is CC(C)Cc1ccc([C@H](C)/C=C2\CC[C@H](CN3CCCCC3)C2=O)cc1. The normalized spacial score (nSPS) is 24.5. The summed E-state index contributed by atoms with van der Waals surface area (Å²) in [6.07, 6.45) is 9.32. The molecule has 0 aromatic heterocycles. The Morgan fingerprint density at radius 1 is 1.08 bits per heavy atom. The van der Waals surface area contributed by atoms with Gasteiger partial charge < -0.3 is 4.90 Å². The second-order valence-electron chi connectivity index (χ2n) is 8.78. The van der Waals surface area contributed by atoms with E-state index in [1.807, 2.05) is 0 Å². The number of nitrogens with zero attached hydrogens (tertiary/aromatic N) is 1. The van der Waals surface area contributed by atoms with Gasteiger partial charge in [-0.05, 0) is 73.7 Å². The van der Waals surface area contributed by atoms with E-state index in [4.69, 9.17) is 0 Å². The van der Waals surface area contributed by atoms with Crippen molar-refractivity contribution in [3.63, 3.8) is 0 Å². The van der Waals surface area contributed by atoms with Crippen LogP contribution in [0.1, 0.15) is 69.9 Å². The minimum absolute atomic E-state index is 0.236. The van der Waals surface area contributed by atoms with Crippen molar-refractivity contribution in [3.05, 3.63) is 47.0 Å². The number of Topliss-reactive ketones (excluding diaryl/α,β-unsaturated/α-hetero) is 1. The molecule has 26 heavy (non-hydrogen) atoms. The smallest absolute Gasteiger partial charge is 0.162 e. The van der Waals surface area contributed by atoms with E-state index in [1.165, 1.54) is 43.5 Å². The van der Waals surface area contributed by atoms with Crippen LogP contribution in [0, 0.1) is 11.8 Å². The molecule has 2 aliphatic rings. The number of ketones is 1. The van der Waals surface area contributed by atoms with Gasteiger partial charge in [0.15, 0.2) is 5.78 Å². The Kier molecular flexibility index (Phi) is 6.69. The van der Waals surface area contributed by atoms with Gasteiger partial charge in [0, 0.05) is 12.5 Å². The van der Waals surface area contributed by atoms with Gasteiger partial charge in [0.25, 0.3) is 0 Å². The summed E-state index contributed by atoms with van der Waals surface area (Å²) in [7, 11) is 0. The van der Waals surface area contributed by atoms with Crippen molar-refractivity contribution >= 4 is 5.78 Å². The van der Waals surface area contributed by atoms with E-state index in [1.54, 1.807) is 0 Å². The van der Waals surface area contributed by atoms with Gasteiger partial charge in [-0.1, -0.05) is 57.5 Å². The van der Waals surface area contributed by atoms with Gasteiger partial charge in [-0.3, -0.25) is 4.79 Å². The number of benzene rings is 1. The third-order valence-electron chi connectivity index (χ3n) is 5.98. The number of piperidine rings is 1. The van der Waals surface area contributed by atoms with Crippen LogP contribution in [0.4, 0.5) is 0 Å². The molecule has 2 nitrogen and oxygen atoms in total. The first-order valence-corrected chi connectivity index (χ1v) is 10.6. The Labute approximate surface area is 159 Å². The maximum Gasteiger partial charge on any atom is 0.162 e. The standard InChI is InChI=1S/C24H35NO/c1-18(2)15-20-7-9-21(10-8-20)19(3)16-22-11-12-23(24(22)26)17-25-13-5-4-6-14-25/h7-10,16,18-19,23H,4-6,11-15,17H2,1-3H3/b22-16+/t19-,23-/m1/s1. The first kappa shape index (κ1) is 19.4. The van der Waals surface area contributed by atoms with Crippen LogP contribution in [0.2, 0.25) is 0 Å². The van der Waals surface area contributed by atoms with Crippen LogP contribution < -0.4 is 0 Å². The Bertz CT molecular complexity index is 622. The Hall–Kier alpha value is -1.41. The molecule has 1 saturated heterocycles. The average Bonchev–Trinajstić information content (AvgIpc) is 2.96. The first-order chi connectivity index (χ1) is 12.5. The van der Waals surface area contributed by atoms with Gasteiger partial charge in [-0.15, -0.1) is 0 Å². The van der Waals surface area contributed by atoms with Crippen LogP contribution in [0.25, 0.3) is 0 Å². The zero-order valence-corrected chi connectivity index (χ0v) is 16.8. The molecule has 1 aromatic rings. The average molecular weight is 354 g/mol. The van der Waals surface area contributed by atoms with Crippen molar-refractivity contribution in [2.75, 3.05) is 19.6 Å². The van der Waals surface area contributed by atoms with Crippen LogP contribution in [-0.2, 0) is 11.2 Å². The highest BCUT2D eigenvalue weighted by Crippen LogP contribution is 2.31. The molecule has 1 heterocycles. The van der Waals surface area contributed by atoms with E-state index in [-0.39, 0.29) is 5.92 Å². The first-order valence-electron chi connectivity index (χ1n) is 10.6. The van der Waals surface area contributed by atoms with Crippen LogP contribution >= 0.6 is 0 Å². The molecule has 1 aliphatic heterocycles. The van der Waals surface area contributed by atoms with Crippen molar-refractivity contribution in [1.82, 2.24) is 4.90 Å². The molecule has 1 aromatic carbocycles. The highest BCUT2D eigenvalue weighted by Gasteiger charge is 2.31. The highest BCUT2D eigenvalue weighted by molar-refractivity contribution is 5.99. The topological polar surface area (TPSA) is 20.3 Å². The summed E-state index contributed by atoms with van der Waals surface area (Å²) in [6, 6.07) is 8.98. The largest absolute Gasteiger partial charge is 0.303 e. The van der Waals surface area contributed by atoms with Gasteiger partial charge in [0.05, 0.1) is 0 Å². The van der Waals surface area contributed by atoms with Crippen molar-refractivity contribution < 1.29 is 4.79 Å². The number of rotatable bonds is 6. The van der Waals surface area contributed by atoms with Crippen molar-refractivity contribution in [2.45, 2.75) is 65.2 Å². The Morgan fingerprint density at radius 2 is 1.77 bits per heavy atom. The van der Waals surface area contributed by atoms with Crippen LogP contribution in [0.15, 0.2) is 35.9 Å². The summed E-state index contributed by atoms with van der Waals surface area (Å²) < 4.78 is 0. The van der Waals surface area contributed by atoms with Crippen LogP contribution in [0.5, 0.6) is 0 Å². The second kappa shape index (κ2) is 8.99. The minimum atomic E-state index is 0.236. The van der Waals surface area contributed by atoms with E-state index in [0.717, 1.165) is 31.4 Å². The molecule has 0 radical (unpaired) electrons. The Balaban J connectivity index is 1.59. The predicted octanol–water partition coefficient (Wildman–Crippen LogP) is 5.38. The monoisotopic (exact) mass is 353 g/mol. The van der Waals surface area contributed by atoms with E-state index >= 15 is 0 Å². The number of allylic oxidation sites excluding steroid dienone is 2. The number of likely N-dealkylation sites (tertiary alicyclic amines) is 1. The third-order valence-corrected chi connectivity index (χ3v) is 5.98. The number of carbonyl (C=O) groups is 1. The van der Waals surface area contributed by atoms with Crippen molar-refractivity contribution in [1.29, 1.82) is 0 Å². The zero-order chi connectivity index (χ0) is 18.5. The fourth-order valence-corrected chi connectivity index (χ4v) is 4.47. The predicted molar refractivity (Wildman–Crippen MR) is 110 cm³/mol. The number of carbonyl (C=O) groups excluding carboxylic acids is 1. The number of hydrogen-bond donors (Lipinski definition) is 0. The molecule has 0 bridgehead atoms. The third kappa shape index (κ3) is 5.07. The van der Waals surface area contributed by atoms with E-state index in [9.17, 15) is 4.79 Å². The summed E-state index contributed by atoms with van der Waals surface area (Å²) in [6.45, 7) is 10.1. The van der Waals surface area contributed by atoms with E-state index < -0.39 is 0 Å². The van der Waals surface area contributed by atoms with Gasteiger partial charge in [-0.2, -0.15) is 0 Å². The van der Waals surface area contributed by atoms with Gasteiger partial charge in [0.2, 0.25) is 0 Å². The minimum Gasteiger partial charge on any atom is -0.303 e. The fourth-order valence-electron chi connectivity index (χ4n) is 4.47. The lowest BCUT2D eigenvalue weighted by molar-refractivity contribution is -0.118. The molecule has 1 aliphatic carbocycles. The molecule has 2 fully saturated rings. The maximum atomic E-state index is 12.8. The summed E-state index contributed by atoms with van der Waals surface area (Å²) in [5.74, 6) is 1.66. The molecule has 1 saturated carbocycles. The summed E-state index contributed by atoms with van der Waals surface area (Å²) >= 11 is 0. The lowest BCUT2D eigenvalue weighted by Gasteiger charge is -2.28. The summed E-state index contributed by atoms with van der Waals surface area (Å²) in [5.41, 5.74) is 3.80. The van der Waals surface area contributed by atoms with E-state index in [0.29, 0.717) is 17.6 Å². The second-order valence-corrected chi connectivity index (χ2v) is 8.78. The van der Waals surface area contributed by atoms with Crippen LogP contribution in [-0.4, -0.2) is 30.3 Å². The lowest BCUT2D eigenvalue weighted by atomic mass is 9.94. The van der Waals surface area contributed by atoms with Gasteiger partial charge in [-0.25, -0.2) is 0 Å². The molecule has 2 heteroatoms. The molecule has 2 atom stereocenters. The molecule has 0 amide bonds. The molecular formula is C24H35NO. The van der Waals surface area contributed by atoms with Gasteiger partial charge >= 0.3 is 0 Å². The van der Waals surface area contributed by atoms with E-state index in [2.05, 4.69) is 56.0 Å². The molecule has 3 rings (SSSR count). The lowest BCUT2D eigenvalue weighted by Crippen LogP contribution is -2.35. The van der Waals surface area contributed by atoms with Crippen LogP contribution in [0.3, 0.4) is 0 Å². The summed E-state index contributed by atoms with van der Waals surface area (Å²) in [4.78, 5) is 15.3. The molecule has 0 N–H and O–H groups in total. The summed E-state index contributed by atoms with van der Waals surface area (Å²) in [5, 5.41) is 0. The van der Waals surface area contributed by atoms with Crippen molar-refractivity contribution in [3.8, 4) is 0 Å². The quantitative estimate of drug-likeness (QED) is 0.640. The highest BCUT2D eigenvalue weighted by atomic mass is 16.1. The molecule has 0 unspecified atom stereocenters. The maximum absolute atomic E-state index is 12.8. The molecule has 0 spiro atoms. The van der Waals surface area contributed by atoms with Crippen molar-refractivity contribution in [2.24, 2.45) is 11.8 Å².